The van der Waals surface area contributed by atoms with E-state index in [1.165, 1.54) is 0 Å². The Morgan fingerprint density at radius 2 is 2.11 bits per heavy atom. The van der Waals surface area contributed by atoms with Gasteiger partial charge in [0.25, 0.3) is 5.56 Å². The molecular weight excluding hydrogens is 370 g/mol. The maximum Gasteiger partial charge on any atom is 0.256 e. The van der Waals surface area contributed by atoms with Gasteiger partial charge in [0.05, 0.1) is 25.0 Å². The third-order valence-corrected chi connectivity index (χ3v) is 5.34. The number of benzene rings is 1. The Labute approximate surface area is 158 Å². The fourth-order valence-electron chi connectivity index (χ4n) is 3.16. The van der Waals surface area contributed by atoms with Crippen LogP contribution in [0.2, 0.25) is 0 Å². The lowest BCUT2D eigenvalue weighted by atomic mass is 10.1. The van der Waals surface area contributed by atoms with Crippen molar-refractivity contribution in [1.82, 2.24) is 14.9 Å². The number of hydrogen-bond donors (Lipinski definition) is 1. The van der Waals surface area contributed by atoms with Crippen molar-refractivity contribution in [2.75, 3.05) is 26.5 Å². The molecule has 0 saturated carbocycles. The van der Waals surface area contributed by atoms with E-state index in [4.69, 9.17) is 9.47 Å². The number of sulfone groups is 1. The average molecular weight is 393 g/mol. The number of ether oxygens (including phenoxy) is 2. The first-order valence-corrected chi connectivity index (χ1v) is 10.6. The Bertz CT molecular complexity index is 1000. The van der Waals surface area contributed by atoms with Crippen molar-refractivity contribution < 1.29 is 17.9 Å². The molecule has 2 heterocycles. The zero-order valence-corrected chi connectivity index (χ0v) is 16.4. The molecule has 0 spiro atoms. The standard InChI is InChI=1S/C18H23N3O5S/c1-4-26-16-12(6-5-7-15(16)25-2)10-21-9-8-14-13(11-21)17(22)20-18(19-14)27(3,23)24/h5-7H,4,8-11H2,1-3H3,(H,19,20,22). The minimum absolute atomic E-state index is 0.272. The van der Waals surface area contributed by atoms with E-state index in [2.05, 4.69) is 14.9 Å². The zero-order valence-electron chi connectivity index (χ0n) is 15.6. The minimum atomic E-state index is -3.55. The largest absolute Gasteiger partial charge is 0.493 e. The topological polar surface area (TPSA) is 102 Å². The van der Waals surface area contributed by atoms with E-state index in [9.17, 15) is 13.2 Å². The van der Waals surface area contributed by atoms with Crippen molar-refractivity contribution in [3.05, 3.63) is 45.4 Å². The van der Waals surface area contributed by atoms with Gasteiger partial charge >= 0.3 is 0 Å². The fourth-order valence-corrected chi connectivity index (χ4v) is 3.72. The van der Waals surface area contributed by atoms with Gasteiger partial charge in [0.2, 0.25) is 15.0 Å². The first-order chi connectivity index (χ1) is 12.8. The molecule has 1 aromatic heterocycles. The summed E-state index contributed by atoms with van der Waals surface area (Å²) in [5, 5.41) is -0.272. The quantitative estimate of drug-likeness (QED) is 0.734. The van der Waals surface area contributed by atoms with Gasteiger partial charge in [-0.15, -0.1) is 0 Å². The number of rotatable bonds is 6. The van der Waals surface area contributed by atoms with Crippen molar-refractivity contribution in [2.24, 2.45) is 0 Å². The maximum absolute atomic E-state index is 12.4. The summed E-state index contributed by atoms with van der Waals surface area (Å²) in [6.07, 6.45) is 1.54. The van der Waals surface area contributed by atoms with Crippen molar-refractivity contribution in [2.45, 2.75) is 31.6 Å². The summed E-state index contributed by atoms with van der Waals surface area (Å²) >= 11 is 0. The predicted molar refractivity (Wildman–Crippen MR) is 99.9 cm³/mol. The number of hydrogen-bond acceptors (Lipinski definition) is 7. The smallest absolute Gasteiger partial charge is 0.256 e. The normalized spacial score (nSPS) is 14.6. The second-order valence-electron chi connectivity index (χ2n) is 6.41. The van der Waals surface area contributed by atoms with Crippen LogP contribution in [0.3, 0.4) is 0 Å². The third kappa shape index (κ3) is 4.14. The van der Waals surface area contributed by atoms with Crippen LogP contribution in [0.25, 0.3) is 0 Å². The van der Waals surface area contributed by atoms with Crippen LogP contribution in [0.1, 0.15) is 23.7 Å². The Balaban J connectivity index is 1.87. The molecule has 3 rings (SSSR count). The Morgan fingerprint density at radius 1 is 1.33 bits per heavy atom. The van der Waals surface area contributed by atoms with E-state index < -0.39 is 15.4 Å². The van der Waals surface area contributed by atoms with Crippen molar-refractivity contribution >= 4 is 9.84 Å². The number of aromatic amines is 1. The fraction of sp³-hybridized carbons (Fsp3) is 0.444. The molecule has 0 radical (unpaired) electrons. The van der Waals surface area contributed by atoms with E-state index in [-0.39, 0.29) is 5.16 Å². The van der Waals surface area contributed by atoms with Crippen molar-refractivity contribution in [3.8, 4) is 11.5 Å². The monoisotopic (exact) mass is 393 g/mol. The van der Waals surface area contributed by atoms with Crippen LogP contribution in [-0.2, 0) is 29.3 Å². The number of nitrogens with one attached hydrogen (secondary N) is 1. The molecule has 8 nitrogen and oxygen atoms in total. The van der Waals surface area contributed by atoms with Gasteiger partial charge in [-0.05, 0) is 13.0 Å². The lowest BCUT2D eigenvalue weighted by Gasteiger charge is -2.28. The van der Waals surface area contributed by atoms with Gasteiger partial charge < -0.3 is 9.47 Å². The molecule has 0 aliphatic carbocycles. The molecule has 146 valence electrons. The Hall–Kier alpha value is -2.39. The van der Waals surface area contributed by atoms with Crippen LogP contribution in [0.15, 0.2) is 28.2 Å². The van der Waals surface area contributed by atoms with Crippen LogP contribution < -0.4 is 15.0 Å². The van der Waals surface area contributed by atoms with Crippen LogP contribution in [-0.4, -0.2) is 49.8 Å². The molecule has 1 aliphatic heterocycles. The lowest BCUT2D eigenvalue weighted by Crippen LogP contribution is -2.36. The molecule has 0 unspecified atom stereocenters. The molecule has 27 heavy (non-hydrogen) atoms. The number of fused-ring (bicyclic) bond motifs is 1. The molecule has 0 fully saturated rings. The average Bonchev–Trinajstić information content (AvgIpc) is 2.63. The van der Waals surface area contributed by atoms with Crippen LogP contribution in [0.5, 0.6) is 11.5 Å². The van der Waals surface area contributed by atoms with Gasteiger partial charge in [-0.2, -0.15) is 0 Å². The predicted octanol–water partition coefficient (Wildman–Crippen LogP) is 1.14. The van der Waals surface area contributed by atoms with Gasteiger partial charge in [-0.1, -0.05) is 12.1 Å². The summed E-state index contributed by atoms with van der Waals surface area (Å²) in [4.78, 5) is 21.0. The van der Waals surface area contributed by atoms with Crippen LogP contribution in [0.4, 0.5) is 0 Å². The summed E-state index contributed by atoms with van der Waals surface area (Å²) in [7, 11) is -1.95. The van der Waals surface area contributed by atoms with E-state index >= 15 is 0 Å². The Morgan fingerprint density at radius 3 is 2.78 bits per heavy atom. The van der Waals surface area contributed by atoms with E-state index in [0.29, 0.717) is 55.4 Å². The molecular formula is C18H23N3O5S. The highest BCUT2D eigenvalue weighted by molar-refractivity contribution is 7.90. The van der Waals surface area contributed by atoms with Gasteiger partial charge in [0, 0.05) is 37.9 Å². The summed E-state index contributed by atoms with van der Waals surface area (Å²) in [5.41, 5.74) is 1.62. The molecule has 1 aromatic carbocycles. The molecule has 1 aliphatic rings. The van der Waals surface area contributed by atoms with E-state index in [1.807, 2.05) is 25.1 Å². The highest BCUT2D eigenvalue weighted by Crippen LogP contribution is 2.32. The van der Waals surface area contributed by atoms with Gasteiger partial charge in [0.1, 0.15) is 0 Å². The van der Waals surface area contributed by atoms with Gasteiger partial charge in [-0.25, -0.2) is 13.4 Å². The maximum atomic E-state index is 12.4. The number of methoxy groups -OCH3 is 1. The number of aromatic nitrogens is 2. The minimum Gasteiger partial charge on any atom is -0.493 e. The second-order valence-corrected chi connectivity index (χ2v) is 8.34. The second kappa shape index (κ2) is 7.69. The van der Waals surface area contributed by atoms with E-state index in [0.717, 1.165) is 11.8 Å². The highest BCUT2D eigenvalue weighted by Gasteiger charge is 2.24. The van der Waals surface area contributed by atoms with Crippen LogP contribution in [0, 0.1) is 0 Å². The van der Waals surface area contributed by atoms with Crippen LogP contribution >= 0.6 is 0 Å². The number of H-pyrrole nitrogens is 1. The molecule has 9 heteroatoms. The number of nitrogens with zero attached hydrogens (tertiary/aromatic N) is 2. The summed E-state index contributed by atoms with van der Waals surface area (Å²) < 4.78 is 34.5. The Kier molecular flexibility index (Phi) is 5.52. The zero-order chi connectivity index (χ0) is 19.6. The summed E-state index contributed by atoms with van der Waals surface area (Å²) in [5.74, 6) is 1.37. The number of para-hydroxylation sites is 1. The third-order valence-electron chi connectivity index (χ3n) is 4.44. The molecule has 0 saturated heterocycles. The lowest BCUT2D eigenvalue weighted by molar-refractivity contribution is 0.233. The summed E-state index contributed by atoms with van der Waals surface area (Å²) in [6, 6.07) is 5.72. The van der Waals surface area contributed by atoms with Gasteiger partial charge in [-0.3, -0.25) is 14.7 Å². The summed E-state index contributed by atoms with van der Waals surface area (Å²) in [6.45, 7) is 4.07. The molecule has 0 bridgehead atoms. The van der Waals surface area contributed by atoms with Crippen molar-refractivity contribution in [3.63, 3.8) is 0 Å². The van der Waals surface area contributed by atoms with Crippen molar-refractivity contribution in [1.29, 1.82) is 0 Å². The van der Waals surface area contributed by atoms with Gasteiger partial charge in [0.15, 0.2) is 11.5 Å². The SMILES string of the molecule is CCOc1c(CN2CCc3nc(S(C)(=O)=O)[nH]c(=O)c3C2)cccc1OC. The highest BCUT2D eigenvalue weighted by atomic mass is 32.2. The molecule has 2 aromatic rings. The molecule has 1 N–H and O–H groups in total. The molecule has 0 amide bonds. The van der Waals surface area contributed by atoms with E-state index in [1.54, 1.807) is 7.11 Å². The molecule has 0 atom stereocenters. The first-order valence-electron chi connectivity index (χ1n) is 8.66. The first kappa shape index (κ1) is 19.4.